The third kappa shape index (κ3) is 4.95. The van der Waals surface area contributed by atoms with E-state index in [0.29, 0.717) is 29.4 Å². The molecule has 2 aromatic carbocycles. The molecule has 1 aliphatic rings. The van der Waals surface area contributed by atoms with Crippen molar-refractivity contribution in [2.45, 2.75) is 18.1 Å². The van der Waals surface area contributed by atoms with E-state index < -0.39 is 0 Å². The van der Waals surface area contributed by atoms with Crippen molar-refractivity contribution in [2.24, 2.45) is 0 Å². The van der Waals surface area contributed by atoms with Gasteiger partial charge < -0.3 is 24.8 Å². The predicted octanol–water partition coefficient (Wildman–Crippen LogP) is 3.34. The van der Waals surface area contributed by atoms with Gasteiger partial charge in [-0.3, -0.25) is 9.59 Å². The molecule has 0 saturated carbocycles. The van der Waals surface area contributed by atoms with E-state index in [4.69, 9.17) is 14.2 Å². The lowest BCUT2D eigenvalue weighted by Crippen LogP contribution is -2.26. The molecule has 0 aromatic heterocycles. The van der Waals surface area contributed by atoms with E-state index in [-0.39, 0.29) is 22.8 Å². The molecule has 29 heavy (non-hydrogen) atoms. The average molecular weight is 416 g/mol. The van der Waals surface area contributed by atoms with Gasteiger partial charge in [0, 0.05) is 23.5 Å². The SMILES string of the molecule is COc1cc(NC(=O)CSC2CCc3ccccc3NC2=O)cc(OC)c1OC. The highest BCUT2D eigenvalue weighted by Gasteiger charge is 2.24. The maximum Gasteiger partial charge on any atom is 0.237 e. The Morgan fingerprint density at radius 1 is 1.14 bits per heavy atom. The minimum Gasteiger partial charge on any atom is -0.493 e. The van der Waals surface area contributed by atoms with Crippen LogP contribution in [0.1, 0.15) is 12.0 Å². The quantitative estimate of drug-likeness (QED) is 0.720. The average Bonchev–Trinajstić information content (AvgIpc) is 2.89. The molecule has 0 spiro atoms. The summed E-state index contributed by atoms with van der Waals surface area (Å²) in [6, 6.07) is 11.1. The van der Waals surface area contributed by atoms with Gasteiger partial charge in [-0.05, 0) is 24.5 Å². The summed E-state index contributed by atoms with van der Waals surface area (Å²) in [5, 5.41) is 5.49. The van der Waals surface area contributed by atoms with E-state index in [1.54, 1.807) is 12.1 Å². The summed E-state index contributed by atoms with van der Waals surface area (Å²) >= 11 is 1.33. The number of rotatable bonds is 7. The monoisotopic (exact) mass is 416 g/mol. The molecule has 2 N–H and O–H groups in total. The van der Waals surface area contributed by atoms with Gasteiger partial charge >= 0.3 is 0 Å². The molecule has 0 aliphatic carbocycles. The predicted molar refractivity (Wildman–Crippen MR) is 114 cm³/mol. The second-order valence-corrected chi connectivity index (χ2v) is 7.64. The highest BCUT2D eigenvalue weighted by Crippen LogP contribution is 2.40. The van der Waals surface area contributed by atoms with E-state index in [9.17, 15) is 9.59 Å². The number of fused-ring (bicyclic) bond motifs is 1. The molecule has 0 bridgehead atoms. The summed E-state index contributed by atoms with van der Waals surface area (Å²) in [5.74, 6) is 1.24. The van der Waals surface area contributed by atoms with Crippen molar-refractivity contribution in [3.63, 3.8) is 0 Å². The molecule has 1 aliphatic heterocycles. The number of benzene rings is 2. The van der Waals surface area contributed by atoms with Gasteiger partial charge in [0.25, 0.3) is 0 Å². The third-order valence-electron chi connectivity index (χ3n) is 4.61. The molecule has 0 saturated heterocycles. The molecular formula is C21H24N2O5S. The molecule has 154 valence electrons. The number of anilines is 2. The van der Waals surface area contributed by atoms with Gasteiger partial charge in [-0.15, -0.1) is 11.8 Å². The Hall–Kier alpha value is -2.87. The van der Waals surface area contributed by atoms with Crippen molar-refractivity contribution >= 4 is 35.0 Å². The van der Waals surface area contributed by atoms with Gasteiger partial charge in [-0.25, -0.2) is 0 Å². The van der Waals surface area contributed by atoms with Gasteiger partial charge in [0.1, 0.15) is 0 Å². The number of amides is 2. The highest BCUT2D eigenvalue weighted by molar-refractivity contribution is 8.01. The van der Waals surface area contributed by atoms with Crippen molar-refractivity contribution in [3.05, 3.63) is 42.0 Å². The van der Waals surface area contributed by atoms with E-state index >= 15 is 0 Å². The number of carbonyl (C=O) groups is 2. The first kappa shape index (κ1) is 20.9. The topological polar surface area (TPSA) is 85.9 Å². The maximum absolute atomic E-state index is 12.5. The fourth-order valence-electron chi connectivity index (χ4n) is 3.18. The first-order chi connectivity index (χ1) is 14.0. The van der Waals surface area contributed by atoms with Crippen LogP contribution in [-0.4, -0.2) is 44.1 Å². The van der Waals surface area contributed by atoms with Crippen LogP contribution in [0.3, 0.4) is 0 Å². The minimum absolute atomic E-state index is 0.0689. The Morgan fingerprint density at radius 3 is 2.48 bits per heavy atom. The zero-order chi connectivity index (χ0) is 20.8. The summed E-state index contributed by atoms with van der Waals surface area (Å²) in [5.41, 5.74) is 2.50. The van der Waals surface area contributed by atoms with E-state index in [1.165, 1.54) is 33.1 Å². The number of hydrogen-bond donors (Lipinski definition) is 2. The second kappa shape index (κ2) is 9.56. The normalized spacial score (nSPS) is 15.6. The molecule has 0 fully saturated rings. The molecule has 0 radical (unpaired) electrons. The van der Waals surface area contributed by atoms with Crippen molar-refractivity contribution in [1.29, 1.82) is 0 Å². The number of hydrogen-bond acceptors (Lipinski definition) is 6. The molecule has 2 amide bonds. The number of carbonyl (C=O) groups excluding carboxylic acids is 2. The van der Waals surface area contributed by atoms with Crippen molar-refractivity contribution < 1.29 is 23.8 Å². The Labute approximate surface area is 174 Å². The lowest BCUT2D eigenvalue weighted by Gasteiger charge is -2.15. The molecule has 3 rings (SSSR count). The second-order valence-electron chi connectivity index (χ2n) is 6.45. The van der Waals surface area contributed by atoms with Crippen molar-refractivity contribution in [2.75, 3.05) is 37.7 Å². The van der Waals surface area contributed by atoms with Gasteiger partial charge in [0.2, 0.25) is 17.6 Å². The zero-order valence-corrected chi connectivity index (χ0v) is 17.4. The zero-order valence-electron chi connectivity index (χ0n) is 16.6. The standard InChI is InChI=1S/C21H24N2O5S/c1-26-16-10-14(11-17(27-2)20(16)28-3)22-19(24)12-29-18-9-8-13-6-4-5-7-15(13)23-21(18)25/h4-7,10-11,18H,8-9,12H2,1-3H3,(H,22,24)(H,23,25). The lowest BCUT2D eigenvalue weighted by molar-refractivity contribution is -0.115. The molecule has 1 heterocycles. The Bertz CT molecular complexity index is 877. The number of nitrogens with one attached hydrogen (secondary N) is 2. The first-order valence-electron chi connectivity index (χ1n) is 9.16. The van der Waals surface area contributed by atoms with Crippen LogP contribution in [0.5, 0.6) is 17.2 Å². The summed E-state index contributed by atoms with van der Waals surface area (Å²) in [7, 11) is 4.55. The summed E-state index contributed by atoms with van der Waals surface area (Å²) in [6.45, 7) is 0. The van der Waals surface area contributed by atoms with Crippen LogP contribution in [0, 0.1) is 0 Å². The van der Waals surface area contributed by atoms with E-state index in [0.717, 1.165) is 17.7 Å². The Kier molecular flexibility index (Phi) is 6.87. The van der Waals surface area contributed by atoms with Gasteiger partial charge in [0.15, 0.2) is 11.5 Å². The van der Waals surface area contributed by atoms with E-state index in [1.807, 2.05) is 24.3 Å². The highest BCUT2D eigenvalue weighted by atomic mass is 32.2. The van der Waals surface area contributed by atoms with E-state index in [2.05, 4.69) is 10.6 Å². The summed E-state index contributed by atoms with van der Waals surface area (Å²) in [4.78, 5) is 24.9. The number of ether oxygens (including phenoxy) is 3. The van der Waals surface area contributed by atoms with Crippen LogP contribution in [0.2, 0.25) is 0 Å². The van der Waals surface area contributed by atoms with Gasteiger partial charge in [-0.2, -0.15) is 0 Å². The lowest BCUT2D eigenvalue weighted by atomic mass is 10.1. The number of para-hydroxylation sites is 1. The van der Waals surface area contributed by atoms with Crippen molar-refractivity contribution in [3.8, 4) is 17.2 Å². The Morgan fingerprint density at radius 2 is 1.83 bits per heavy atom. The molecular weight excluding hydrogens is 392 g/mol. The number of methoxy groups -OCH3 is 3. The van der Waals surface area contributed by atoms with Crippen LogP contribution in [0.15, 0.2) is 36.4 Å². The molecule has 1 atom stereocenters. The fourth-order valence-corrected chi connectivity index (χ4v) is 4.10. The number of thioether (sulfide) groups is 1. The van der Waals surface area contributed by atoms with Crippen LogP contribution < -0.4 is 24.8 Å². The Balaban J connectivity index is 1.61. The number of aryl methyl sites for hydroxylation is 1. The molecule has 2 aromatic rings. The fraction of sp³-hybridized carbons (Fsp3) is 0.333. The van der Waals surface area contributed by atoms with Gasteiger partial charge in [-0.1, -0.05) is 18.2 Å². The third-order valence-corrected chi connectivity index (χ3v) is 5.89. The summed E-state index contributed by atoms with van der Waals surface area (Å²) in [6.07, 6.45) is 1.48. The van der Waals surface area contributed by atoms with Crippen LogP contribution in [0.25, 0.3) is 0 Å². The molecule has 1 unspecified atom stereocenters. The first-order valence-corrected chi connectivity index (χ1v) is 10.2. The maximum atomic E-state index is 12.5. The van der Waals surface area contributed by atoms with Gasteiger partial charge in [0.05, 0.1) is 32.3 Å². The van der Waals surface area contributed by atoms with Crippen molar-refractivity contribution in [1.82, 2.24) is 0 Å². The van der Waals surface area contributed by atoms with Crippen LogP contribution in [0.4, 0.5) is 11.4 Å². The summed E-state index contributed by atoms with van der Waals surface area (Å²) < 4.78 is 15.9. The largest absolute Gasteiger partial charge is 0.493 e. The smallest absolute Gasteiger partial charge is 0.237 e. The molecule has 7 nitrogen and oxygen atoms in total. The van der Waals surface area contributed by atoms with Crippen LogP contribution in [-0.2, 0) is 16.0 Å². The molecule has 8 heteroatoms. The van der Waals surface area contributed by atoms with Crippen LogP contribution >= 0.6 is 11.8 Å². The minimum atomic E-state index is -0.284.